The van der Waals surface area contributed by atoms with Gasteiger partial charge in [-0.05, 0) is 6.42 Å². The molecular formula is C13H23N2O3S+. The van der Waals surface area contributed by atoms with Crippen LogP contribution in [-0.4, -0.2) is 75.0 Å². The van der Waals surface area contributed by atoms with Gasteiger partial charge in [-0.15, -0.1) is 0 Å². The molecule has 3 heterocycles. The summed E-state index contributed by atoms with van der Waals surface area (Å²) in [7, 11) is -0.904. The molecule has 5 nitrogen and oxygen atoms in total. The predicted molar refractivity (Wildman–Crippen MR) is 72.3 cm³/mol. The summed E-state index contributed by atoms with van der Waals surface area (Å²) in [6.45, 7) is 4.35. The van der Waals surface area contributed by atoms with Crippen LogP contribution in [0.2, 0.25) is 0 Å². The number of amides is 1. The van der Waals surface area contributed by atoms with E-state index in [0.29, 0.717) is 17.4 Å². The maximum absolute atomic E-state index is 12.3. The van der Waals surface area contributed by atoms with Crippen LogP contribution in [0.1, 0.15) is 19.3 Å². The highest BCUT2D eigenvalue weighted by Crippen LogP contribution is 2.43. The quantitative estimate of drug-likeness (QED) is 0.583. The van der Waals surface area contributed by atoms with Crippen molar-refractivity contribution in [1.82, 2.24) is 4.90 Å². The first-order chi connectivity index (χ1) is 8.87. The molecule has 3 rings (SSSR count). The van der Waals surface area contributed by atoms with Crippen molar-refractivity contribution in [3.05, 3.63) is 0 Å². The van der Waals surface area contributed by atoms with Crippen molar-refractivity contribution in [2.45, 2.75) is 19.3 Å². The van der Waals surface area contributed by atoms with Crippen LogP contribution in [0.5, 0.6) is 0 Å². The molecule has 3 fully saturated rings. The average Bonchev–Trinajstić information content (AvgIpc) is 2.66. The summed E-state index contributed by atoms with van der Waals surface area (Å²) in [5.41, 5.74) is -0.116. The molecule has 19 heavy (non-hydrogen) atoms. The third kappa shape index (κ3) is 2.18. The van der Waals surface area contributed by atoms with Crippen LogP contribution in [-0.2, 0) is 14.6 Å². The maximum Gasteiger partial charge on any atom is 0.229 e. The minimum atomic E-state index is -2.80. The smallest absolute Gasteiger partial charge is 0.229 e. The van der Waals surface area contributed by atoms with Gasteiger partial charge < -0.3 is 9.38 Å². The van der Waals surface area contributed by atoms with E-state index in [9.17, 15) is 13.2 Å². The average molecular weight is 287 g/mol. The monoisotopic (exact) mass is 287 g/mol. The topological polar surface area (TPSA) is 54.5 Å². The number of carbonyl (C=O) groups is 1. The Kier molecular flexibility index (Phi) is 2.94. The fraction of sp³-hybridized carbons (Fsp3) is 0.923. The van der Waals surface area contributed by atoms with Crippen LogP contribution in [0, 0.1) is 5.41 Å². The Hall–Kier alpha value is -0.620. The number of hydrogen-bond acceptors (Lipinski definition) is 3. The molecule has 0 aromatic carbocycles. The van der Waals surface area contributed by atoms with Crippen LogP contribution in [0.3, 0.4) is 0 Å². The van der Waals surface area contributed by atoms with E-state index in [1.54, 1.807) is 0 Å². The first-order valence-corrected chi connectivity index (χ1v) is 9.00. The number of carbonyl (C=O) groups excluding carboxylic acids is 1. The Balaban J connectivity index is 1.69. The van der Waals surface area contributed by atoms with Crippen LogP contribution in [0.15, 0.2) is 0 Å². The fourth-order valence-corrected chi connectivity index (χ4v) is 5.46. The van der Waals surface area contributed by atoms with Crippen molar-refractivity contribution in [2.24, 2.45) is 5.41 Å². The molecule has 3 saturated heterocycles. The highest BCUT2D eigenvalue weighted by Gasteiger charge is 2.52. The minimum absolute atomic E-state index is 0.116. The minimum Gasteiger partial charge on any atom is -0.345 e. The van der Waals surface area contributed by atoms with E-state index in [2.05, 4.69) is 0 Å². The summed E-state index contributed by atoms with van der Waals surface area (Å²) in [6, 6.07) is 0. The molecule has 0 atom stereocenters. The van der Waals surface area contributed by atoms with Crippen molar-refractivity contribution in [3.63, 3.8) is 0 Å². The SMILES string of the molecule is CN1CCC2(CC[N+]3(CC2)CCS(=O)(=O)CC3)C1=O. The van der Waals surface area contributed by atoms with Gasteiger partial charge in [-0.2, -0.15) is 0 Å². The van der Waals surface area contributed by atoms with Crippen LogP contribution in [0.4, 0.5) is 0 Å². The molecule has 3 aliphatic rings. The van der Waals surface area contributed by atoms with E-state index in [1.807, 2.05) is 11.9 Å². The number of hydrogen-bond donors (Lipinski definition) is 0. The molecule has 0 bridgehead atoms. The summed E-state index contributed by atoms with van der Waals surface area (Å²) in [6.07, 6.45) is 2.87. The largest absolute Gasteiger partial charge is 0.345 e. The van der Waals surface area contributed by atoms with Crippen molar-refractivity contribution >= 4 is 15.7 Å². The Morgan fingerprint density at radius 3 is 2.11 bits per heavy atom. The first kappa shape index (κ1) is 13.4. The summed E-state index contributed by atoms with van der Waals surface area (Å²) in [5.74, 6) is 0.969. The van der Waals surface area contributed by atoms with Crippen molar-refractivity contribution < 1.29 is 17.7 Å². The lowest BCUT2D eigenvalue weighted by molar-refractivity contribution is -0.931. The Morgan fingerprint density at radius 2 is 1.63 bits per heavy atom. The van der Waals surface area contributed by atoms with Crippen LogP contribution >= 0.6 is 0 Å². The van der Waals surface area contributed by atoms with Crippen LogP contribution < -0.4 is 0 Å². The Bertz CT molecular complexity index is 476. The van der Waals surface area contributed by atoms with Gasteiger partial charge in [0.2, 0.25) is 5.91 Å². The first-order valence-electron chi connectivity index (χ1n) is 7.18. The van der Waals surface area contributed by atoms with E-state index in [0.717, 1.165) is 56.5 Å². The molecule has 0 aromatic rings. The molecule has 108 valence electrons. The zero-order valence-electron chi connectivity index (χ0n) is 11.6. The Morgan fingerprint density at radius 1 is 1.05 bits per heavy atom. The van der Waals surface area contributed by atoms with E-state index < -0.39 is 9.84 Å². The standard InChI is InChI=1S/C13H23N2O3S/c1-14-5-2-13(12(14)16)3-6-15(7-4-13)8-10-19(17,18)11-9-15/h2-11H2,1H3/q+1. The van der Waals surface area contributed by atoms with Gasteiger partial charge in [0.1, 0.15) is 0 Å². The van der Waals surface area contributed by atoms with Gasteiger partial charge in [-0.25, -0.2) is 8.42 Å². The van der Waals surface area contributed by atoms with Gasteiger partial charge >= 0.3 is 0 Å². The summed E-state index contributed by atoms with van der Waals surface area (Å²) in [4.78, 5) is 14.1. The second kappa shape index (κ2) is 4.19. The zero-order chi connectivity index (χ0) is 13.7. The highest BCUT2D eigenvalue weighted by atomic mass is 32.2. The summed E-state index contributed by atoms with van der Waals surface area (Å²) >= 11 is 0. The molecule has 2 spiro atoms. The normalized spacial score (nSPS) is 32.1. The molecular weight excluding hydrogens is 264 g/mol. The summed E-state index contributed by atoms with van der Waals surface area (Å²) < 4.78 is 24.0. The fourth-order valence-electron chi connectivity index (χ4n) is 3.92. The molecule has 0 radical (unpaired) electrons. The molecule has 3 aliphatic heterocycles. The lowest BCUT2D eigenvalue weighted by atomic mass is 9.76. The van der Waals surface area contributed by atoms with Gasteiger partial charge in [-0.1, -0.05) is 0 Å². The molecule has 0 aliphatic carbocycles. The van der Waals surface area contributed by atoms with Gasteiger partial charge in [0.25, 0.3) is 0 Å². The van der Waals surface area contributed by atoms with Crippen molar-refractivity contribution in [3.8, 4) is 0 Å². The predicted octanol–water partition coefficient (Wildman–Crippen LogP) is -0.126. The molecule has 0 saturated carbocycles. The number of quaternary nitrogens is 1. The number of nitrogens with zero attached hydrogens (tertiary/aromatic N) is 2. The second-order valence-corrected chi connectivity index (χ2v) is 8.95. The second-order valence-electron chi connectivity index (χ2n) is 6.64. The van der Waals surface area contributed by atoms with Crippen molar-refractivity contribution in [1.29, 1.82) is 0 Å². The molecule has 0 unspecified atom stereocenters. The lowest BCUT2D eigenvalue weighted by Crippen LogP contribution is -2.62. The number of likely N-dealkylation sites (tertiary alicyclic amines) is 1. The van der Waals surface area contributed by atoms with Gasteiger partial charge in [0.15, 0.2) is 9.84 Å². The van der Waals surface area contributed by atoms with Gasteiger partial charge in [0.05, 0.1) is 43.1 Å². The molecule has 1 amide bonds. The lowest BCUT2D eigenvalue weighted by Gasteiger charge is -2.48. The van der Waals surface area contributed by atoms with Crippen LogP contribution in [0.25, 0.3) is 0 Å². The van der Waals surface area contributed by atoms with E-state index in [1.165, 1.54) is 0 Å². The van der Waals surface area contributed by atoms with Crippen molar-refractivity contribution in [2.75, 3.05) is 51.3 Å². The third-order valence-electron chi connectivity index (χ3n) is 5.61. The zero-order valence-corrected chi connectivity index (χ0v) is 12.4. The van der Waals surface area contributed by atoms with E-state index in [4.69, 9.17) is 0 Å². The van der Waals surface area contributed by atoms with Gasteiger partial charge in [-0.3, -0.25) is 4.79 Å². The number of rotatable bonds is 0. The molecule has 0 N–H and O–H groups in total. The third-order valence-corrected chi connectivity index (χ3v) is 7.22. The van der Waals surface area contributed by atoms with Gasteiger partial charge in [0, 0.05) is 26.4 Å². The Labute approximate surface area is 115 Å². The maximum atomic E-state index is 12.3. The van der Waals surface area contributed by atoms with E-state index >= 15 is 0 Å². The molecule has 0 aromatic heterocycles. The summed E-state index contributed by atoms with van der Waals surface area (Å²) in [5, 5.41) is 0. The highest BCUT2D eigenvalue weighted by molar-refractivity contribution is 7.91. The molecule has 6 heteroatoms. The van der Waals surface area contributed by atoms with E-state index in [-0.39, 0.29) is 5.41 Å². The number of piperidine rings is 1. The number of sulfone groups is 1.